The normalized spacial score (nSPS) is 11.1. The van der Waals surface area contributed by atoms with Crippen molar-refractivity contribution in [1.82, 2.24) is 15.3 Å². The maximum absolute atomic E-state index is 13.4. The van der Waals surface area contributed by atoms with Crippen molar-refractivity contribution < 1.29 is 27.5 Å². The van der Waals surface area contributed by atoms with Gasteiger partial charge < -0.3 is 20.1 Å². The molecule has 0 saturated carbocycles. The molecule has 0 aliphatic carbocycles. The van der Waals surface area contributed by atoms with Gasteiger partial charge in [-0.15, -0.1) is 0 Å². The number of fused-ring (bicyclic) bond motifs is 1. The minimum atomic E-state index is -4.22. The third kappa shape index (κ3) is 6.72. The van der Waals surface area contributed by atoms with Crippen LogP contribution in [0.15, 0.2) is 71.6 Å². The number of hydrogen-bond donors (Lipinski definition) is 3. The first kappa shape index (κ1) is 27.6. The number of sulfonamides is 1. The molecule has 1 amide bonds. The van der Waals surface area contributed by atoms with E-state index in [1.807, 2.05) is 0 Å². The van der Waals surface area contributed by atoms with Crippen LogP contribution in [0.4, 0.5) is 17.3 Å². The van der Waals surface area contributed by atoms with Crippen LogP contribution in [-0.4, -0.2) is 51.0 Å². The second kappa shape index (κ2) is 12.0. The highest BCUT2D eigenvalue weighted by atomic mass is 35.5. The maximum atomic E-state index is 13.4. The summed E-state index contributed by atoms with van der Waals surface area (Å²) >= 11 is 6.34. The van der Waals surface area contributed by atoms with E-state index in [1.165, 1.54) is 38.5 Å². The van der Waals surface area contributed by atoms with E-state index in [9.17, 15) is 18.0 Å². The van der Waals surface area contributed by atoms with Gasteiger partial charge in [-0.3, -0.25) is 14.3 Å². The van der Waals surface area contributed by atoms with Gasteiger partial charge in [0.2, 0.25) is 0 Å². The number of methoxy groups -OCH3 is 2. The Labute approximate surface area is 229 Å². The number of hydrogen-bond acceptors (Lipinski definition) is 9. The van der Waals surface area contributed by atoms with Crippen molar-refractivity contribution >= 4 is 61.9 Å². The maximum Gasteiger partial charge on any atom is 0.307 e. The number of nitrogens with one attached hydrogen (secondary N) is 3. The van der Waals surface area contributed by atoms with E-state index in [-0.39, 0.29) is 35.1 Å². The molecule has 11 nitrogen and oxygen atoms in total. The number of amides is 1. The molecule has 0 bridgehead atoms. The predicted octanol–water partition coefficient (Wildman–Crippen LogP) is 4.13. The fraction of sp³-hybridized carbons (Fsp3) is 0.154. The molecule has 0 unspecified atom stereocenters. The molecular formula is C26H24ClN5O6S. The molecule has 1 heterocycles. The lowest BCUT2D eigenvalue weighted by atomic mass is 10.2. The number of ether oxygens (including phenoxy) is 2. The van der Waals surface area contributed by atoms with E-state index in [4.69, 9.17) is 16.3 Å². The summed E-state index contributed by atoms with van der Waals surface area (Å²) in [7, 11) is -1.46. The number of rotatable bonds is 10. The van der Waals surface area contributed by atoms with E-state index >= 15 is 0 Å². The SMILES string of the molecule is COC(=O)CCNC(=O)c1cccc(S(=O)(=O)Nc2nc3ccccc3nc2Nc2cc(OC)ccc2Cl)c1. The van der Waals surface area contributed by atoms with Gasteiger partial charge >= 0.3 is 5.97 Å². The standard InChI is InChI=1S/C26H24ClN5O6S/c1-37-17-10-11-19(27)22(15-17)31-24-25(30-21-9-4-3-8-20(21)29-24)32-39(35,36)18-7-5-6-16(14-18)26(34)28-13-12-23(33)38-2/h3-11,14-15H,12-13H2,1-2H3,(H,28,34)(H,29,31)(H,30,32). The highest BCUT2D eigenvalue weighted by Gasteiger charge is 2.21. The number of esters is 1. The molecule has 3 aromatic carbocycles. The van der Waals surface area contributed by atoms with Gasteiger partial charge in [0.05, 0.1) is 47.3 Å². The Bertz CT molecular complexity index is 1650. The van der Waals surface area contributed by atoms with Gasteiger partial charge in [-0.1, -0.05) is 29.8 Å². The Morgan fingerprint density at radius 2 is 1.64 bits per heavy atom. The van der Waals surface area contributed by atoms with Gasteiger partial charge in [0.25, 0.3) is 15.9 Å². The summed E-state index contributed by atoms with van der Waals surface area (Å²) in [5.41, 5.74) is 1.49. The molecule has 0 aliphatic rings. The second-order valence-electron chi connectivity index (χ2n) is 8.10. The molecule has 202 valence electrons. The molecule has 0 spiro atoms. The number of benzene rings is 3. The van der Waals surface area contributed by atoms with Crippen molar-refractivity contribution in [3.05, 3.63) is 77.3 Å². The van der Waals surface area contributed by atoms with Crippen LogP contribution in [0.2, 0.25) is 5.02 Å². The van der Waals surface area contributed by atoms with Gasteiger partial charge in [0.1, 0.15) is 5.75 Å². The quantitative estimate of drug-likeness (QED) is 0.240. The third-order valence-electron chi connectivity index (χ3n) is 5.48. The third-order valence-corrected chi connectivity index (χ3v) is 7.14. The first-order valence-electron chi connectivity index (χ1n) is 11.6. The Balaban J connectivity index is 1.65. The van der Waals surface area contributed by atoms with Crippen molar-refractivity contribution in [3.8, 4) is 5.75 Å². The highest BCUT2D eigenvalue weighted by Crippen LogP contribution is 2.32. The summed E-state index contributed by atoms with van der Waals surface area (Å²) in [6.07, 6.45) is -0.0184. The molecule has 4 aromatic rings. The van der Waals surface area contributed by atoms with E-state index < -0.39 is 21.9 Å². The Kier molecular flexibility index (Phi) is 8.47. The Morgan fingerprint density at radius 1 is 0.923 bits per heavy atom. The molecule has 0 aliphatic heterocycles. The summed E-state index contributed by atoms with van der Waals surface area (Å²) < 4.78 is 39.0. The summed E-state index contributed by atoms with van der Waals surface area (Å²) in [6, 6.07) is 17.4. The molecule has 0 saturated heterocycles. The molecule has 0 radical (unpaired) electrons. The summed E-state index contributed by atoms with van der Waals surface area (Å²) in [5.74, 6) is -0.479. The summed E-state index contributed by atoms with van der Waals surface area (Å²) in [5, 5.41) is 5.94. The van der Waals surface area contributed by atoms with Gasteiger partial charge in [0.15, 0.2) is 11.6 Å². The molecule has 3 N–H and O–H groups in total. The lowest BCUT2D eigenvalue weighted by Gasteiger charge is -2.15. The van der Waals surface area contributed by atoms with E-state index in [1.54, 1.807) is 42.5 Å². The van der Waals surface area contributed by atoms with Crippen LogP contribution < -0.4 is 20.1 Å². The lowest BCUT2D eigenvalue weighted by Crippen LogP contribution is -2.26. The number of anilines is 3. The molecule has 4 rings (SSSR count). The number of aromatic nitrogens is 2. The Hall–Kier alpha value is -4.42. The van der Waals surface area contributed by atoms with Crippen molar-refractivity contribution in [2.75, 3.05) is 30.8 Å². The zero-order valence-electron chi connectivity index (χ0n) is 20.9. The first-order valence-corrected chi connectivity index (χ1v) is 13.4. The number of carbonyl (C=O) groups excluding carboxylic acids is 2. The van der Waals surface area contributed by atoms with Crippen molar-refractivity contribution in [1.29, 1.82) is 0 Å². The monoisotopic (exact) mass is 569 g/mol. The summed E-state index contributed by atoms with van der Waals surface area (Å²) in [6.45, 7) is 0.0370. The van der Waals surface area contributed by atoms with Crippen LogP contribution in [-0.2, 0) is 19.6 Å². The van der Waals surface area contributed by atoms with Gasteiger partial charge in [-0.05, 0) is 42.5 Å². The number of para-hydroxylation sites is 2. The van der Waals surface area contributed by atoms with Crippen molar-refractivity contribution in [2.45, 2.75) is 11.3 Å². The highest BCUT2D eigenvalue weighted by molar-refractivity contribution is 7.92. The second-order valence-corrected chi connectivity index (χ2v) is 10.2. The van der Waals surface area contributed by atoms with Crippen LogP contribution >= 0.6 is 11.6 Å². The molecule has 1 aromatic heterocycles. The van der Waals surface area contributed by atoms with E-state index in [0.717, 1.165) is 0 Å². The van der Waals surface area contributed by atoms with Crippen LogP contribution in [0.25, 0.3) is 11.0 Å². The van der Waals surface area contributed by atoms with Gasteiger partial charge in [-0.2, -0.15) is 0 Å². The Morgan fingerprint density at radius 3 is 2.33 bits per heavy atom. The van der Waals surface area contributed by atoms with Gasteiger partial charge in [0, 0.05) is 18.2 Å². The largest absolute Gasteiger partial charge is 0.497 e. The molecule has 0 atom stereocenters. The molecule has 0 fully saturated rings. The van der Waals surface area contributed by atoms with E-state index in [0.29, 0.717) is 27.5 Å². The minimum Gasteiger partial charge on any atom is -0.497 e. The zero-order valence-corrected chi connectivity index (χ0v) is 22.5. The fourth-order valence-electron chi connectivity index (χ4n) is 3.49. The topological polar surface area (TPSA) is 149 Å². The number of halogens is 1. The zero-order chi connectivity index (χ0) is 28.0. The molecule has 39 heavy (non-hydrogen) atoms. The number of nitrogens with zero attached hydrogens (tertiary/aromatic N) is 2. The molecule has 13 heteroatoms. The average Bonchev–Trinajstić information content (AvgIpc) is 2.94. The van der Waals surface area contributed by atoms with Gasteiger partial charge in [-0.25, -0.2) is 18.4 Å². The average molecular weight is 570 g/mol. The predicted molar refractivity (Wildman–Crippen MR) is 147 cm³/mol. The molecular weight excluding hydrogens is 546 g/mol. The summed E-state index contributed by atoms with van der Waals surface area (Å²) in [4.78, 5) is 32.6. The van der Waals surface area contributed by atoms with Crippen molar-refractivity contribution in [3.63, 3.8) is 0 Å². The van der Waals surface area contributed by atoms with Crippen LogP contribution in [0.3, 0.4) is 0 Å². The first-order chi connectivity index (χ1) is 18.7. The lowest BCUT2D eigenvalue weighted by molar-refractivity contribution is -0.140. The van der Waals surface area contributed by atoms with E-state index in [2.05, 4.69) is 30.1 Å². The van der Waals surface area contributed by atoms with Crippen molar-refractivity contribution in [2.24, 2.45) is 0 Å². The van der Waals surface area contributed by atoms with Crippen LogP contribution in [0, 0.1) is 0 Å². The number of carbonyl (C=O) groups is 2. The smallest absolute Gasteiger partial charge is 0.307 e. The van der Waals surface area contributed by atoms with Crippen LogP contribution in [0.1, 0.15) is 16.8 Å². The minimum absolute atomic E-state index is 0.0184. The van der Waals surface area contributed by atoms with Crippen LogP contribution in [0.5, 0.6) is 5.75 Å². The fourth-order valence-corrected chi connectivity index (χ4v) is 4.71.